The molecule has 0 N–H and O–H groups in total. The van der Waals surface area contributed by atoms with Crippen molar-refractivity contribution in [1.82, 2.24) is 14.7 Å². The van der Waals surface area contributed by atoms with Crippen LogP contribution in [0.25, 0.3) is 0 Å². The minimum absolute atomic E-state index is 0.0801. The van der Waals surface area contributed by atoms with E-state index in [4.69, 9.17) is 0 Å². The molecule has 0 spiro atoms. The van der Waals surface area contributed by atoms with Gasteiger partial charge in [-0.2, -0.15) is 5.10 Å². The molecule has 1 unspecified atom stereocenters. The second-order valence-corrected chi connectivity index (χ2v) is 5.67. The highest BCUT2D eigenvalue weighted by molar-refractivity contribution is 9.10. The van der Waals surface area contributed by atoms with E-state index >= 15 is 0 Å². The summed E-state index contributed by atoms with van der Waals surface area (Å²) in [5.41, 5.74) is 0.956. The van der Waals surface area contributed by atoms with E-state index in [1.165, 1.54) is 4.90 Å². The summed E-state index contributed by atoms with van der Waals surface area (Å²) in [4.78, 5) is 25.8. The molecule has 1 aromatic carbocycles. The van der Waals surface area contributed by atoms with Gasteiger partial charge in [0.15, 0.2) is 0 Å². The Hall–Kier alpha value is -1.95. The molecule has 102 valence electrons. The lowest BCUT2D eigenvalue weighted by Crippen LogP contribution is -2.34. The molecule has 3 rings (SSSR count). The quantitative estimate of drug-likeness (QED) is 0.811. The van der Waals surface area contributed by atoms with Gasteiger partial charge in [-0.3, -0.25) is 19.2 Å². The predicted molar refractivity (Wildman–Crippen MR) is 76.4 cm³/mol. The number of amides is 2. The average Bonchev–Trinajstić information content (AvgIpc) is 2.98. The van der Waals surface area contributed by atoms with E-state index in [1.54, 1.807) is 35.1 Å². The zero-order valence-electron chi connectivity index (χ0n) is 10.8. The summed E-state index contributed by atoms with van der Waals surface area (Å²) < 4.78 is 2.60. The first kappa shape index (κ1) is 13.1. The third-order valence-corrected chi connectivity index (χ3v) is 3.76. The van der Waals surface area contributed by atoms with Gasteiger partial charge in [-0.25, -0.2) is 0 Å². The number of rotatable bonds is 3. The van der Waals surface area contributed by atoms with Gasteiger partial charge >= 0.3 is 0 Å². The smallest absolute Gasteiger partial charge is 0.261 e. The largest absolute Gasteiger partial charge is 0.272 e. The van der Waals surface area contributed by atoms with Gasteiger partial charge in [0.05, 0.1) is 34.4 Å². The molecule has 1 atom stereocenters. The second kappa shape index (κ2) is 4.86. The molecule has 2 amide bonds. The zero-order chi connectivity index (χ0) is 14.3. The number of aromatic nitrogens is 2. The van der Waals surface area contributed by atoms with Crippen molar-refractivity contribution in [2.45, 2.75) is 13.0 Å². The van der Waals surface area contributed by atoms with Crippen molar-refractivity contribution in [1.29, 1.82) is 0 Å². The topological polar surface area (TPSA) is 55.2 Å². The number of imide groups is 1. The van der Waals surface area contributed by atoms with Gasteiger partial charge in [0.2, 0.25) is 0 Å². The summed E-state index contributed by atoms with van der Waals surface area (Å²) in [6, 6.07) is 6.82. The van der Waals surface area contributed by atoms with E-state index in [1.807, 2.05) is 13.1 Å². The van der Waals surface area contributed by atoms with E-state index in [0.29, 0.717) is 17.7 Å². The first-order valence-corrected chi connectivity index (χ1v) is 7.02. The summed E-state index contributed by atoms with van der Waals surface area (Å²) in [6.07, 6.45) is 3.50. The van der Waals surface area contributed by atoms with E-state index < -0.39 is 0 Å². The van der Waals surface area contributed by atoms with Crippen molar-refractivity contribution in [2.75, 3.05) is 6.54 Å². The molecule has 20 heavy (non-hydrogen) atoms. The van der Waals surface area contributed by atoms with Gasteiger partial charge in [-0.1, -0.05) is 12.1 Å². The average molecular weight is 334 g/mol. The van der Waals surface area contributed by atoms with Crippen molar-refractivity contribution in [3.8, 4) is 0 Å². The van der Waals surface area contributed by atoms with Gasteiger partial charge in [-0.15, -0.1) is 0 Å². The summed E-state index contributed by atoms with van der Waals surface area (Å²) >= 11 is 3.33. The Bertz CT molecular complexity index is 660. The summed E-state index contributed by atoms with van der Waals surface area (Å²) in [5, 5.41) is 4.18. The molecule has 0 radical (unpaired) electrons. The fourth-order valence-corrected chi connectivity index (χ4v) is 2.61. The number of benzene rings is 1. The Morgan fingerprint density at radius 2 is 1.80 bits per heavy atom. The Morgan fingerprint density at radius 3 is 2.30 bits per heavy atom. The monoisotopic (exact) mass is 333 g/mol. The second-order valence-electron chi connectivity index (χ2n) is 4.75. The van der Waals surface area contributed by atoms with Gasteiger partial charge in [0.1, 0.15) is 0 Å². The summed E-state index contributed by atoms with van der Waals surface area (Å²) in [7, 11) is 0. The van der Waals surface area contributed by atoms with E-state index in [2.05, 4.69) is 21.0 Å². The molecule has 0 saturated heterocycles. The normalized spacial score (nSPS) is 15.6. The standard InChI is InChI=1S/C14H12BrN3O2/c1-9(18-8-10(15)6-16-18)7-17-13(19)11-4-2-3-5-12(11)14(17)20/h2-6,8-9H,7H2,1H3. The maximum atomic E-state index is 12.2. The van der Waals surface area contributed by atoms with Crippen molar-refractivity contribution in [2.24, 2.45) is 0 Å². The highest BCUT2D eigenvalue weighted by Gasteiger charge is 2.35. The molecule has 2 heterocycles. The fourth-order valence-electron chi connectivity index (χ4n) is 2.31. The first-order valence-electron chi connectivity index (χ1n) is 6.23. The lowest BCUT2D eigenvalue weighted by molar-refractivity contribution is 0.0632. The summed E-state index contributed by atoms with van der Waals surface area (Å²) in [6.45, 7) is 2.23. The van der Waals surface area contributed by atoms with Crippen LogP contribution in [0.5, 0.6) is 0 Å². The predicted octanol–water partition coefficient (Wildman–Crippen LogP) is 2.50. The minimum Gasteiger partial charge on any atom is -0.272 e. The van der Waals surface area contributed by atoms with Crippen LogP contribution in [0.15, 0.2) is 41.1 Å². The number of fused-ring (bicyclic) bond motifs is 1. The SMILES string of the molecule is CC(CN1C(=O)c2ccccc2C1=O)n1cc(Br)cn1. The van der Waals surface area contributed by atoms with Gasteiger partial charge < -0.3 is 0 Å². The molecular weight excluding hydrogens is 322 g/mol. The molecule has 0 saturated carbocycles. The molecule has 2 aromatic rings. The van der Waals surface area contributed by atoms with E-state index in [0.717, 1.165) is 4.47 Å². The van der Waals surface area contributed by atoms with E-state index in [-0.39, 0.29) is 17.9 Å². The van der Waals surface area contributed by atoms with Crippen LogP contribution < -0.4 is 0 Å². The van der Waals surface area contributed by atoms with Crippen LogP contribution in [0.2, 0.25) is 0 Å². The molecule has 1 aromatic heterocycles. The number of carbonyl (C=O) groups excluding carboxylic acids is 2. The summed E-state index contributed by atoms with van der Waals surface area (Å²) in [5.74, 6) is -0.465. The van der Waals surface area contributed by atoms with Gasteiger partial charge in [0, 0.05) is 6.20 Å². The lowest BCUT2D eigenvalue weighted by atomic mass is 10.1. The third kappa shape index (κ3) is 2.06. The van der Waals surface area contributed by atoms with E-state index in [9.17, 15) is 9.59 Å². The molecule has 0 fully saturated rings. The number of hydrogen-bond donors (Lipinski definition) is 0. The van der Waals surface area contributed by atoms with Gasteiger partial charge in [0.25, 0.3) is 11.8 Å². The number of nitrogens with zero attached hydrogens (tertiary/aromatic N) is 3. The maximum absolute atomic E-state index is 12.2. The van der Waals surface area contributed by atoms with Crippen LogP contribution in [0.3, 0.4) is 0 Å². The minimum atomic E-state index is -0.233. The lowest BCUT2D eigenvalue weighted by Gasteiger charge is -2.19. The highest BCUT2D eigenvalue weighted by atomic mass is 79.9. The van der Waals surface area contributed by atoms with Crippen LogP contribution in [0, 0.1) is 0 Å². The van der Waals surface area contributed by atoms with Crippen LogP contribution in [0.1, 0.15) is 33.7 Å². The van der Waals surface area contributed by atoms with Crippen LogP contribution in [-0.4, -0.2) is 33.0 Å². The Kier molecular flexibility index (Phi) is 3.17. The van der Waals surface area contributed by atoms with Crippen molar-refractivity contribution in [3.63, 3.8) is 0 Å². The highest BCUT2D eigenvalue weighted by Crippen LogP contribution is 2.24. The maximum Gasteiger partial charge on any atom is 0.261 e. The van der Waals surface area contributed by atoms with Crippen LogP contribution >= 0.6 is 15.9 Å². The molecule has 1 aliphatic rings. The van der Waals surface area contributed by atoms with Crippen molar-refractivity contribution < 1.29 is 9.59 Å². The fraction of sp³-hybridized carbons (Fsp3) is 0.214. The van der Waals surface area contributed by atoms with Gasteiger partial charge in [-0.05, 0) is 35.0 Å². The number of hydrogen-bond acceptors (Lipinski definition) is 3. The third-order valence-electron chi connectivity index (χ3n) is 3.35. The van der Waals surface area contributed by atoms with Crippen molar-refractivity contribution in [3.05, 3.63) is 52.3 Å². The molecule has 1 aliphatic heterocycles. The molecular formula is C14H12BrN3O2. The van der Waals surface area contributed by atoms with Crippen LogP contribution in [0.4, 0.5) is 0 Å². The Labute approximate surface area is 124 Å². The Morgan fingerprint density at radius 1 is 1.20 bits per heavy atom. The molecule has 0 bridgehead atoms. The number of halogens is 1. The zero-order valence-corrected chi connectivity index (χ0v) is 12.4. The molecule has 6 heteroatoms. The van der Waals surface area contributed by atoms with Crippen molar-refractivity contribution >= 4 is 27.7 Å². The first-order chi connectivity index (χ1) is 9.58. The van der Waals surface area contributed by atoms with Crippen LogP contribution in [-0.2, 0) is 0 Å². The molecule has 0 aliphatic carbocycles. The Balaban J connectivity index is 1.83. The molecule has 5 nitrogen and oxygen atoms in total. The number of carbonyl (C=O) groups is 2.